The average molecular weight is 437 g/mol. The molecule has 1 aliphatic rings. The molecule has 110 valence electrons. The fourth-order valence-corrected chi connectivity index (χ4v) is 3.33. The fraction of sp³-hybridized carbons (Fsp3) is 0.500. The van der Waals surface area contributed by atoms with Crippen molar-refractivity contribution in [3.05, 3.63) is 26.6 Å². The van der Waals surface area contributed by atoms with Crippen LogP contribution in [0.5, 0.6) is 5.75 Å². The molecule has 7 heteroatoms. The maximum Gasteiger partial charge on any atom is 0.143 e. The van der Waals surface area contributed by atoms with Gasteiger partial charge in [0.25, 0.3) is 0 Å². The van der Waals surface area contributed by atoms with Crippen LogP contribution in [0.4, 0.5) is 0 Å². The summed E-state index contributed by atoms with van der Waals surface area (Å²) in [6.07, 6.45) is 0. The number of hydrogen-bond acceptors (Lipinski definition) is 3. The highest BCUT2D eigenvalue weighted by atomic mass is 79.9. The Kier molecular flexibility index (Phi) is 8.92. The zero-order valence-corrected chi connectivity index (χ0v) is 15.3. The summed E-state index contributed by atoms with van der Waals surface area (Å²) in [5.41, 5.74) is 1.21. The molecule has 0 aliphatic carbocycles. The van der Waals surface area contributed by atoms with Crippen molar-refractivity contribution in [2.45, 2.75) is 13.0 Å². The molecule has 1 aromatic carbocycles. The maximum atomic E-state index is 9.71. The van der Waals surface area contributed by atoms with E-state index in [2.05, 4.69) is 49.0 Å². The van der Waals surface area contributed by atoms with Gasteiger partial charge in [-0.1, -0.05) is 0 Å². The summed E-state index contributed by atoms with van der Waals surface area (Å²) in [7, 11) is 0. The molecule has 2 N–H and O–H groups in total. The number of rotatable bonds is 2. The first-order valence-corrected chi connectivity index (χ1v) is 7.31. The zero-order valence-electron chi connectivity index (χ0n) is 10.5. The van der Waals surface area contributed by atoms with E-state index in [0.29, 0.717) is 6.04 Å². The van der Waals surface area contributed by atoms with E-state index in [1.54, 1.807) is 0 Å². The number of piperazine rings is 1. The number of phenolic OH excluding ortho intramolecular Hbond substituents is 1. The van der Waals surface area contributed by atoms with Crippen molar-refractivity contribution in [1.82, 2.24) is 10.2 Å². The smallest absolute Gasteiger partial charge is 0.143 e. The van der Waals surface area contributed by atoms with Crippen LogP contribution < -0.4 is 5.32 Å². The Morgan fingerprint density at radius 2 is 1.63 bits per heavy atom. The highest BCUT2D eigenvalue weighted by Gasteiger charge is 2.19. The first kappa shape index (κ1) is 19.5. The van der Waals surface area contributed by atoms with Gasteiger partial charge in [0.1, 0.15) is 5.75 Å². The summed E-state index contributed by atoms with van der Waals surface area (Å²) < 4.78 is 1.48. The fourth-order valence-electron chi connectivity index (χ4n) is 2.11. The predicted octanol–water partition coefficient (Wildman–Crippen LogP) is 3.73. The van der Waals surface area contributed by atoms with E-state index < -0.39 is 0 Å². The van der Waals surface area contributed by atoms with Gasteiger partial charge in [-0.2, -0.15) is 0 Å². The lowest BCUT2D eigenvalue weighted by molar-refractivity contribution is 0.185. The summed E-state index contributed by atoms with van der Waals surface area (Å²) in [4.78, 5) is 2.45. The van der Waals surface area contributed by atoms with Gasteiger partial charge in [-0.25, -0.2) is 0 Å². The minimum absolute atomic E-state index is 0. The first-order valence-electron chi connectivity index (χ1n) is 5.72. The third-order valence-corrected chi connectivity index (χ3v) is 4.43. The van der Waals surface area contributed by atoms with Crippen molar-refractivity contribution in [2.75, 3.05) is 26.2 Å². The highest BCUT2D eigenvalue weighted by molar-refractivity contribution is 9.11. The van der Waals surface area contributed by atoms with Crippen molar-refractivity contribution in [3.8, 4) is 5.75 Å². The van der Waals surface area contributed by atoms with Crippen LogP contribution in [0.25, 0.3) is 0 Å². The van der Waals surface area contributed by atoms with Gasteiger partial charge in [-0.3, -0.25) is 4.90 Å². The normalized spacial score (nSPS) is 17.2. The van der Waals surface area contributed by atoms with Gasteiger partial charge in [0.15, 0.2) is 0 Å². The van der Waals surface area contributed by atoms with E-state index in [4.69, 9.17) is 0 Å². The molecule has 0 bridgehead atoms. The van der Waals surface area contributed by atoms with Crippen molar-refractivity contribution in [3.63, 3.8) is 0 Å². The molecule has 1 aliphatic heterocycles. The van der Waals surface area contributed by atoms with E-state index >= 15 is 0 Å². The van der Waals surface area contributed by atoms with Crippen LogP contribution in [-0.2, 0) is 0 Å². The summed E-state index contributed by atoms with van der Waals surface area (Å²) in [5, 5.41) is 13.1. The SMILES string of the molecule is C[C@@H](c1cc(Br)c(O)c(Br)c1)N1CCNCC1.Cl.Cl. The first-order chi connectivity index (χ1) is 8.09. The molecule has 0 aromatic heterocycles. The zero-order chi connectivity index (χ0) is 12.4. The van der Waals surface area contributed by atoms with Crippen LogP contribution >= 0.6 is 56.7 Å². The van der Waals surface area contributed by atoms with Crippen molar-refractivity contribution in [2.24, 2.45) is 0 Å². The Balaban J connectivity index is 0.00000162. The van der Waals surface area contributed by atoms with E-state index in [9.17, 15) is 5.11 Å². The lowest BCUT2D eigenvalue weighted by Gasteiger charge is -2.33. The number of aromatic hydroxyl groups is 1. The number of halogens is 4. The van der Waals surface area contributed by atoms with E-state index in [-0.39, 0.29) is 30.6 Å². The molecular formula is C12H18Br2Cl2N2O. The number of hydrogen-bond donors (Lipinski definition) is 2. The molecular weight excluding hydrogens is 419 g/mol. The third kappa shape index (κ3) is 4.76. The Morgan fingerprint density at radius 3 is 2.11 bits per heavy atom. The Hall–Kier alpha value is 0.480. The predicted molar refractivity (Wildman–Crippen MR) is 90.9 cm³/mol. The van der Waals surface area contributed by atoms with Gasteiger partial charge < -0.3 is 10.4 Å². The van der Waals surface area contributed by atoms with Crippen LogP contribution in [0.3, 0.4) is 0 Å². The topological polar surface area (TPSA) is 35.5 Å². The molecule has 0 spiro atoms. The van der Waals surface area contributed by atoms with Gasteiger partial charge in [0.05, 0.1) is 8.95 Å². The van der Waals surface area contributed by atoms with Gasteiger partial charge in [-0.15, -0.1) is 24.8 Å². The molecule has 0 radical (unpaired) electrons. The summed E-state index contributed by atoms with van der Waals surface area (Å²) in [6, 6.07) is 4.35. The molecule has 1 atom stereocenters. The minimum atomic E-state index is 0. The number of nitrogens with zero attached hydrogens (tertiary/aromatic N) is 1. The lowest BCUT2D eigenvalue weighted by atomic mass is 10.1. The summed E-state index contributed by atoms with van der Waals surface area (Å²) in [5.74, 6) is 0.265. The molecule has 1 saturated heterocycles. The molecule has 0 unspecified atom stereocenters. The van der Waals surface area contributed by atoms with E-state index in [1.807, 2.05) is 12.1 Å². The molecule has 1 fully saturated rings. The van der Waals surface area contributed by atoms with Crippen LogP contribution in [0.2, 0.25) is 0 Å². The van der Waals surface area contributed by atoms with E-state index in [1.165, 1.54) is 5.56 Å². The molecule has 3 nitrogen and oxygen atoms in total. The average Bonchev–Trinajstić information content (AvgIpc) is 2.35. The largest absolute Gasteiger partial charge is 0.506 e. The van der Waals surface area contributed by atoms with Crippen LogP contribution in [0.15, 0.2) is 21.1 Å². The van der Waals surface area contributed by atoms with Crippen LogP contribution in [-0.4, -0.2) is 36.2 Å². The van der Waals surface area contributed by atoms with Crippen molar-refractivity contribution < 1.29 is 5.11 Å². The van der Waals surface area contributed by atoms with Crippen LogP contribution in [0.1, 0.15) is 18.5 Å². The molecule has 1 heterocycles. The van der Waals surface area contributed by atoms with Crippen molar-refractivity contribution in [1.29, 1.82) is 0 Å². The van der Waals surface area contributed by atoms with Crippen LogP contribution in [0, 0.1) is 0 Å². The summed E-state index contributed by atoms with van der Waals surface area (Å²) >= 11 is 6.76. The third-order valence-electron chi connectivity index (χ3n) is 3.22. The Labute approximate surface area is 143 Å². The van der Waals surface area contributed by atoms with Gasteiger partial charge in [0, 0.05) is 32.2 Å². The monoisotopic (exact) mass is 434 g/mol. The second-order valence-electron chi connectivity index (χ2n) is 4.30. The second kappa shape index (κ2) is 8.70. The molecule has 19 heavy (non-hydrogen) atoms. The second-order valence-corrected chi connectivity index (χ2v) is 6.00. The Morgan fingerprint density at radius 1 is 1.16 bits per heavy atom. The molecule has 0 saturated carbocycles. The number of benzene rings is 1. The quantitative estimate of drug-likeness (QED) is 0.741. The Bertz CT molecular complexity index is 392. The molecule has 1 aromatic rings. The minimum Gasteiger partial charge on any atom is -0.506 e. The van der Waals surface area contributed by atoms with Gasteiger partial charge in [-0.05, 0) is 56.5 Å². The summed E-state index contributed by atoms with van der Waals surface area (Å²) in [6.45, 7) is 6.43. The highest BCUT2D eigenvalue weighted by Crippen LogP contribution is 2.36. The van der Waals surface area contributed by atoms with Gasteiger partial charge >= 0.3 is 0 Å². The lowest BCUT2D eigenvalue weighted by Crippen LogP contribution is -2.44. The number of nitrogens with one attached hydrogen (secondary N) is 1. The van der Waals surface area contributed by atoms with Crippen molar-refractivity contribution >= 4 is 56.7 Å². The standard InChI is InChI=1S/C12H16Br2N2O.2ClH/c1-8(16-4-2-15-3-5-16)9-6-10(13)12(17)11(14)7-9;;/h6-8,15,17H,2-5H2,1H3;2*1H/t8-;;/m0../s1. The van der Waals surface area contributed by atoms with E-state index in [0.717, 1.165) is 35.1 Å². The molecule has 0 amide bonds. The number of phenols is 1. The van der Waals surface area contributed by atoms with Gasteiger partial charge in [0.2, 0.25) is 0 Å². The molecule has 2 rings (SSSR count). The maximum absolute atomic E-state index is 9.71.